The zero-order valence-corrected chi connectivity index (χ0v) is 11.6. The molecule has 3 rings (SSSR count). The highest BCUT2D eigenvalue weighted by molar-refractivity contribution is 5.78. The number of nitrogens with two attached hydrogens (primary N) is 1. The van der Waals surface area contributed by atoms with E-state index < -0.39 is 0 Å². The maximum absolute atomic E-state index is 13.5. The monoisotopic (exact) mass is 286 g/mol. The van der Waals surface area contributed by atoms with Crippen LogP contribution in [0.3, 0.4) is 0 Å². The average molecular weight is 286 g/mol. The van der Waals surface area contributed by atoms with Crippen LogP contribution in [0.2, 0.25) is 0 Å². The summed E-state index contributed by atoms with van der Waals surface area (Å²) in [7, 11) is 1.56. The minimum Gasteiger partial charge on any atom is -0.481 e. The summed E-state index contributed by atoms with van der Waals surface area (Å²) in [6, 6.07) is 8.15. The quantitative estimate of drug-likeness (QED) is 0.797. The maximum atomic E-state index is 13.5. The number of rotatable bonds is 4. The van der Waals surface area contributed by atoms with E-state index in [9.17, 15) is 4.39 Å². The number of hydrogen-bond acceptors (Lipinski definition) is 4. The normalized spacial score (nSPS) is 11.0. The molecule has 0 saturated carbocycles. The van der Waals surface area contributed by atoms with E-state index in [4.69, 9.17) is 10.5 Å². The first-order chi connectivity index (χ1) is 10.2. The van der Waals surface area contributed by atoms with Gasteiger partial charge in [0, 0.05) is 18.6 Å². The molecule has 0 saturated heterocycles. The van der Waals surface area contributed by atoms with Gasteiger partial charge in [-0.1, -0.05) is 0 Å². The van der Waals surface area contributed by atoms with Gasteiger partial charge in [0.15, 0.2) is 0 Å². The third kappa shape index (κ3) is 2.45. The summed E-state index contributed by atoms with van der Waals surface area (Å²) in [6.07, 6.45) is 2.27. The highest BCUT2D eigenvalue weighted by atomic mass is 19.1. The molecule has 0 aliphatic heterocycles. The van der Waals surface area contributed by atoms with Crippen LogP contribution in [0.15, 0.2) is 36.5 Å². The van der Waals surface area contributed by atoms with Gasteiger partial charge in [-0.2, -0.15) is 0 Å². The topological polar surface area (TPSA) is 66.0 Å². The first-order valence-electron chi connectivity index (χ1n) is 6.60. The fraction of sp³-hybridized carbons (Fsp3) is 0.200. The number of fused-ring (bicyclic) bond motifs is 1. The molecule has 0 aliphatic carbocycles. The van der Waals surface area contributed by atoms with Crippen molar-refractivity contribution >= 4 is 11.0 Å². The molecule has 108 valence electrons. The first-order valence-corrected chi connectivity index (χ1v) is 6.60. The van der Waals surface area contributed by atoms with Gasteiger partial charge < -0.3 is 10.5 Å². The molecule has 0 radical (unpaired) electrons. The molecule has 0 aliphatic rings. The number of pyridine rings is 1. The lowest BCUT2D eigenvalue weighted by atomic mass is 10.3. The second-order valence-electron chi connectivity index (χ2n) is 4.59. The second-order valence-corrected chi connectivity index (χ2v) is 4.59. The Morgan fingerprint density at radius 3 is 2.81 bits per heavy atom. The summed E-state index contributed by atoms with van der Waals surface area (Å²) < 4.78 is 20.5. The van der Waals surface area contributed by atoms with Gasteiger partial charge in [-0.3, -0.25) is 4.57 Å². The van der Waals surface area contributed by atoms with E-state index in [0.29, 0.717) is 24.4 Å². The summed E-state index contributed by atoms with van der Waals surface area (Å²) in [6.45, 7) is 0.468. The maximum Gasteiger partial charge on any atom is 0.213 e. The highest BCUT2D eigenvalue weighted by Crippen LogP contribution is 2.23. The Hall–Kier alpha value is -2.47. The zero-order valence-electron chi connectivity index (χ0n) is 11.6. The van der Waals surface area contributed by atoms with Crippen molar-refractivity contribution in [3.8, 4) is 11.6 Å². The summed E-state index contributed by atoms with van der Waals surface area (Å²) in [5.74, 6) is 1.00. The molecule has 21 heavy (non-hydrogen) atoms. The largest absolute Gasteiger partial charge is 0.481 e. The molecule has 2 aromatic heterocycles. The fourth-order valence-corrected chi connectivity index (χ4v) is 2.31. The number of methoxy groups -OCH3 is 1. The van der Waals surface area contributed by atoms with Crippen molar-refractivity contribution in [3.05, 3.63) is 48.2 Å². The van der Waals surface area contributed by atoms with Crippen molar-refractivity contribution in [1.82, 2.24) is 14.5 Å². The van der Waals surface area contributed by atoms with Gasteiger partial charge in [0.1, 0.15) is 11.6 Å². The standard InChI is InChI=1S/C15H15FN4O/c1-21-15-5-3-11(9-18-15)20-13-8-10(16)2-4-12(13)19-14(20)6-7-17/h2-5,8-9H,6-7,17H2,1H3. The zero-order chi connectivity index (χ0) is 14.8. The van der Waals surface area contributed by atoms with Crippen molar-refractivity contribution < 1.29 is 9.13 Å². The van der Waals surface area contributed by atoms with E-state index in [-0.39, 0.29) is 5.82 Å². The van der Waals surface area contributed by atoms with E-state index in [1.807, 2.05) is 10.6 Å². The number of benzene rings is 1. The molecule has 0 atom stereocenters. The Kier molecular flexibility index (Phi) is 3.53. The van der Waals surface area contributed by atoms with Gasteiger partial charge in [-0.05, 0) is 24.7 Å². The number of halogens is 1. The van der Waals surface area contributed by atoms with E-state index in [0.717, 1.165) is 17.0 Å². The molecule has 0 spiro atoms. The molecule has 3 aromatic rings. The highest BCUT2D eigenvalue weighted by Gasteiger charge is 2.13. The SMILES string of the molecule is COc1ccc(-n2c(CCN)nc3ccc(F)cc32)cn1. The molecule has 5 nitrogen and oxygen atoms in total. The molecule has 2 heterocycles. The van der Waals surface area contributed by atoms with Gasteiger partial charge in [0.2, 0.25) is 5.88 Å². The predicted octanol–water partition coefficient (Wildman–Crippen LogP) is 2.07. The molecular formula is C15H15FN4O. The van der Waals surface area contributed by atoms with Crippen LogP contribution in [0.25, 0.3) is 16.7 Å². The molecule has 6 heteroatoms. The van der Waals surface area contributed by atoms with E-state index >= 15 is 0 Å². The average Bonchev–Trinajstić information content (AvgIpc) is 2.85. The minimum atomic E-state index is -0.301. The van der Waals surface area contributed by atoms with E-state index in [2.05, 4.69) is 9.97 Å². The van der Waals surface area contributed by atoms with Crippen LogP contribution in [0.5, 0.6) is 5.88 Å². The molecule has 0 bridgehead atoms. The first kappa shape index (κ1) is 13.5. The Bertz CT molecular complexity index is 767. The lowest BCUT2D eigenvalue weighted by Gasteiger charge is -2.09. The molecule has 2 N–H and O–H groups in total. The van der Waals surface area contributed by atoms with E-state index in [1.165, 1.54) is 12.1 Å². The third-order valence-electron chi connectivity index (χ3n) is 3.24. The van der Waals surface area contributed by atoms with Crippen molar-refractivity contribution in [2.75, 3.05) is 13.7 Å². The Labute approximate surface area is 121 Å². The van der Waals surface area contributed by atoms with Crippen LogP contribution >= 0.6 is 0 Å². The van der Waals surface area contributed by atoms with Gasteiger partial charge in [-0.15, -0.1) is 0 Å². The predicted molar refractivity (Wildman–Crippen MR) is 78.1 cm³/mol. The van der Waals surface area contributed by atoms with Crippen LogP contribution in [0, 0.1) is 5.82 Å². The van der Waals surface area contributed by atoms with Gasteiger partial charge in [0.05, 0.1) is 30.0 Å². The smallest absolute Gasteiger partial charge is 0.213 e. The minimum absolute atomic E-state index is 0.301. The van der Waals surface area contributed by atoms with Crippen LogP contribution in [0.1, 0.15) is 5.82 Å². The number of nitrogens with zero attached hydrogens (tertiary/aromatic N) is 3. The third-order valence-corrected chi connectivity index (χ3v) is 3.24. The Balaban J connectivity index is 2.21. The lowest BCUT2D eigenvalue weighted by molar-refractivity contribution is 0.398. The summed E-state index contributed by atoms with van der Waals surface area (Å²) >= 11 is 0. The lowest BCUT2D eigenvalue weighted by Crippen LogP contribution is -2.09. The number of hydrogen-bond donors (Lipinski definition) is 1. The molecule has 0 unspecified atom stereocenters. The molecule has 0 fully saturated rings. The summed E-state index contributed by atoms with van der Waals surface area (Å²) in [5, 5.41) is 0. The van der Waals surface area contributed by atoms with Crippen molar-refractivity contribution in [3.63, 3.8) is 0 Å². The molecule has 0 amide bonds. The number of imidazole rings is 1. The van der Waals surface area contributed by atoms with Crippen molar-refractivity contribution in [2.45, 2.75) is 6.42 Å². The van der Waals surface area contributed by atoms with Crippen LogP contribution < -0.4 is 10.5 Å². The van der Waals surface area contributed by atoms with Crippen LogP contribution in [-0.4, -0.2) is 28.2 Å². The number of ether oxygens (including phenoxy) is 1. The fourth-order valence-electron chi connectivity index (χ4n) is 2.31. The summed E-state index contributed by atoms with van der Waals surface area (Å²) in [5.41, 5.74) is 7.87. The Morgan fingerprint density at radius 1 is 1.29 bits per heavy atom. The second kappa shape index (κ2) is 5.49. The number of aromatic nitrogens is 3. The van der Waals surface area contributed by atoms with Crippen molar-refractivity contribution in [1.29, 1.82) is 0 Å². The Morgan fingerprint density at radius 2 is 2.14 bits per heavy atom. The van der Waals surface area contributed by atoms with Gasteiger partial charge >= 0.3 is 0 Å². The van der Waals surface area contributed by atoms with E-state index in [1.54, 1.807) is 25.4 Å². The van der Waals surface area contributed by atoms with Crippen molar-refractivity contribution in [2.24, 2.45) is 5.73 Å². The molecule has 1 aromatic carbocycles. The molecular weight excluding hydrogens is 271 g/mol. The summed E-state index contributed by atoms with van der Waals surface area (Å²) in [4.78, 5) is 8.71. The van der Waals surface area contributed by atoms with Gasteiger partial charge in [-0.25, -0.2) is 14.4 Å². The van der Waals surface area contributed by atoms with Gasteiger partial charge in [0.25, 0.3) is 0 Å². The van der Waals surface area contributed by atoms with Crippen LogP contribution in [0.4, 0.5) is 4.39 Å². The van der Waals surface area contributed by atoms with Crippen LogP contribution in [-0.2, 0) is 6.42 Å².